The van der Waals surface area contributed by atoms with E-state index in [1.54, 1.807) is 6.08 Å². The number of hydrogen-bond donors (Lipinski definition) is 2. The number of hydrogen-bond acceptors (Lipinski definition) is 3. The number of carbonyl (C=O) groups is 2. The third-order valence-electron chi connectivity index (χ3n) is 4.01. The van der Waals surface area contributed by atoms with Crippen LogP contribution in [0.25, 0.3) is 6.08 Å². The first-order valence-corrected chi connectivity index (χ1v) is 9.64. The van der Waals surface area contributed by atoms with Gasteiger partial charge in [0.15, 0.2) is 0 Å². The molecule has 0 bridgehead atoms. The minimum atomic E-state index is -1.09. The summed E-state index contributed by atoms with van der Waals surface area (Å²) in [5.74, 6) is -0.942. The number of rotatable bonds is 7. The Morgan fingerprint density at radius 1 is 1.14 bits per heavy atom. The number of benzene rings is 2. The zero-order valence-electron chi connectivity index (χ0n) is 16.2. The van der Waals surface area contributed by atoms with Crippen LogP contribution in [0.1, 0.15) is 37.5 Å². The molecular formula is C22H24BrNO4. The van der Waals surface area contributed by atoms with E-state index in [0.717, 1.165) is 10.0 Å². The molecule has 0 atom stereocenters. The zero-order chi connectivity index (χ0) is 20.7. The molecule has 2 aromatic rings. The van der Waals surface area contributed by atoms with E-state index >= 15 is 0 Å². The molecule has 0 aliphatic heterocycles. The maximum Gasteiger partial charge on any atom is 0.322 e. The van der Waals surface area contributed by atoms with Gasteiger partial charge >= 0.3 is 5.97 Å². The van der Waals surface area contributed by atoms with Gasteiger partial charge in [-0.2, -0.15) is 0 Å². The molecule has 0 aliphatic carbocycles. The smallest absolute Gasteiger partial charge is 0.322 e. The van der Waals surface area contributed by atoms with E-state index in [4.69, 9.17) is 9.84 Å². The van der Waals surface area contributed by atoms with Crippen molar-refractivity contribution >= 4 is 33.9 Å². The number of amides is 1. The van der Waals surface area contributed by atoms with Gasteiger partial charge in [0.25, 0.3) is 0 Å². The number of carboxylic acids is 1. The molecule has 0 heterocycles. The highest BCUT2D eigenvalue weighted by Crippen LogP contribution is 2.26. The first kappa shape index (κ1) is 21.7. The Kier molecular flexibility index (Phi) is 7.40. The van der Waals surface area contributed by atoms with Gasteiger partial charge in [-0.3, -0.25) is 9.59 Å². The van der Waals surface area contributed by atoms with Crippen LogP contribution < -0.4 is 10.1 Å². The summed E-state index contributed by atoms with van der Waals surface area (Å²) < 4.78 is 6.78. The minimum Gasteiger partial charge on any atom is -0.488 e. The summed E-state index contributed by atoms with van der Waals surface area (Å²) in [6.07, 6.45) is 2.88. The van der Waals surface area contributed by atoms with Crippen molar-refractivity contribution < 1.29 is 19.4 Å². The maximum absolute atomic E-state index is 11.7. The monoisotopic (exact) mass is 445 g/mol. The largest absolute Gasteiger partial charge is 0.488 e. The molecule has 2 rings (SSSR count). The number of carboxylic acid groups (broad SMARTS) is 1. The number of aliphatic carboxylic acids is 1. The second kappa shape index (κ2) is 9.55. The Labute approximate surface area is 173 Å². The number of carbonyl (C=O) groups excluding carboxylic acids is 1. The van der Waals surface area contributed by atoms with Crippen LogP contribution in [0.4, 0.5) is 0 Å². The van der Waals surface area contributed by atoms with Crippen molar-refractivity contribution in [2.24, 2.45) is 0 Å². The van der Waals surface area contributed by atoms with Gasteiger partial charge in [-0.15, -0.1) is 0 Å². The number of ether oxygens (including phenoxy) is 1. The van der Waals surface area contributed by atoms with Gasteiger partial charge < -0.3 is 15.2 Å². The molecule has 2 N–H and O–H groups in total. The average Bonchev–Trinajstić information content (AvgIpc) is 2.63. The summed E-state index contributed by atoms with van der Waals surface area (Å²) in [7, 11) is 0. The van der Waals surface area contributed by atoms with E-state index in [0.29, 0.717) is 17.9 Å². The topological polar surface area (TPSA) is 75.6 Å². The molecule has 0 saturated heterocycles. The highest BCUT2D eigenvalue weighted by Gasteiger charge is 2.13. The van der Waals surface area contributed by atoms with Crippen LogP contribution >= 0.6 is 15.9 Å². The number of nitrogens with one attached hydrogen (secondary N) is 1. The SMILES string of the molecule is CC(C)(C)c1ccc(COc2ccc(Br)cc2/C=C/C(=O)NCC(=O)O)cc1. The minimum absolute atomic E-state index is 0.101. The van der Waals surface area contributed by atoms with Crippen molar-refractivity contribution in [3.8, 4) is 5.75 Å². The van der Waals surface area contributed by atoms with Crippen molar-refractivity contribution in [2.45, 2.75) is 32.8 Å². The fraction of sp³-hybridized carbons (Fsp3) is 0.273. The molecular weight excluding hydrogens is 422 g/mol. The molecule has 6 heteroatoms. The molecule has 0 aliphatic rings. The van der Waals surface area contributed by atoms with Crippen molar-refractivity contribution in [1.82, 2.24) is 5.32 Å². The second-order valence-electron chi connectivity index (χ2n) is 7.36. The lowest BCUT2D eigenvalue weighted by molar-refractivity contribution is -0.137. The van der Waals surface area contributed by atoms with Crippen molar-refractivity contribution in [2.75, 3.05) is 6.54 Å². The first-order valence-electron chi connectivity index (χ1n) is 8.84. The van der Waals surface area contributed by atoms with E-state index in [2.05, 4.69) is 54.2 Å². The lowest BCUT2D eigenvalue weighted by Crippen LogP contribution is -2.27. The molecule has 148 valence electrons. The fourth-order valence-electron chi connectivity index (χ4n) is 2.43. The predicted octanol–water partition coefficient (Wildman–Crippen LogP) is 4.54. The van der Waals surface area contributed by atoms with Crippen LogP contribution in [0, 0.1) is 0 Å². The Hall–Kier alpha value is -2.60. The van der Waals surface area contributed by atoms with Crippen molar-refractivity contribution in [1.29, 1.82) is 0 Å². The van der Waals surface area contributed by atoms with Crippen LogP contribution in [-0.4, -0.2) is 23.5 Å². The molecule has 0 unspecified atom stereocenters. The normalized spacial score (nSPS) is 11.4. The average molecular weight is 446 g/mol. The summed E-state index contributed by atoms with van der Waals surface area (Å²) in [6.45, 7) is 6.50. The Morgan fingerprint density at radius 2 is 1.82 bits per heavy atom. The molecule has 0 radical (unpaired) electrons. The summed E-state index contributed by atoms with van der Waals surface area (Å²) in [4.78, 5) is 22.2. The van der Waals surface area contributed by atoms with E-state index in [1.165, 1.54) is 11.6 Å². The van der Waals surface area contributed by atoms with Crippen LogP contribution in [0.3, 0.4) is 0 Å². The maximum atomic E-state index is 11.7. The summed E-state index contributed by atoms with van der Waals surface area (Å²) in [6, 6.07) is 13.8. The van der Waals surface area contributed by atoms with E-state index in [-0.39, 0.29) is 5.41 Å². The Bertz CT molecular complexity index is 867. The van der Waals surface area contributed by atoms with Gasteiger partial charge in [-0.25, -0.2) is 0 Å². The zero-order valence-corrected chi connectivity index (χ0v) is 17.7. The lowest BCUT2D eigenvalue weighted by atomic mass is 9.87. The van der Waals surface area contributed by atoms with Gasteiger partial charge in [0.2, 0.25) is 5.91 Å². The van der Waals surface area contributed by atoms with E-state index in [1.807, 2.05) is 30.3 Å². The molecule has 0 saturated carbocycles. The molecule has 0 spiro atoms. The van der Waals surface area contributed by atoms with Crippen LogP contribution in [0.2, 0.25) is 0 Å². The third kappa shape index (κ3) is 6.85. The summed E-state index contributed by atoms with van der Waals surface area (Å²) in [5.41, 5.74) is 3.12. The highest BCUT2D eigenvalue weighted by molar-refractivity contribution is 9.10. The first-order chi connectivity index (χ1) is 13.1. The van der Waals surface area contributed by atoms with Crippen LogP contribution in [0.5, 0.6) is 5.75 Å². The highest BCUT2D eigenvalue weighted by atomic mass is 79.9. The van der Waals surface area contributed by atoms with Crippen molar-refractivity contribution in [3.05, 3.63) is 69.7 Å². The van der Waals surface area contributed by atoms with E-state index < -0.39 is 18.4 Å². The third-order valence-corrected chi connectivity index (χ3v) is 4.51. The fourth-order valence-corrected chi connectivity index (χ4v) is 2.81. The van der Waals surface area contributed by atoms with Gasteiger partial charge in [0.05, 0.1) is 0 Å². The van der Waals surface area contributed by atoms with Gasteiger partial charge in [-0.1, -0.05) is 61.0 Å². The summed E-state index contributed by atoms with van der Waals surface area (Å²) in [5, 5.41) is 10.9. The van der Waals surface area contributed by atoms with Gasteiger partial charge in [0.1, 0.15) is 18.9 Å². The lowest BCUT2D eigenvalue weighted by Gasteiger charge is -2.19. The molecule has 1 amide bonds. The van der Waals surface area contributed by atoms with Crippen LogP contribution in [0.15, 0.2) is 53.0 Å². The quantitative estimate of drug-likeness (QED) is 0.613. The van der Waals surface area contributed by atoms with Gasteiger partial charge in [-0.05, 0) is 40.8 Å². The Balaban J connectivity index is 2.07. The summed E-state index contributed by atoms with van der Waals surface area (Å²) >= 11 is 3.41. The van der Waals surface area contributed by atoms with Crippen LogP contribution in [-0.2, 0) is 21.6 Å². The van der Waals surface area contributed by atoms with E-state index in [9.17, 15) is 9.59 Å². The molecule has 2 aromatic carbocycles. The van der Waals surface area contributed by atoms with Gasteiger partial charge in [0, 0.05) is 16.1 Å². The molecule has 0 aromatic heterocycles. The molecule has 0 fully saturated rings. The standard InChI is InChI=1S/C22H24BrNO4/c1-22(2,3)17-7-4-15(5-8-17)14-28-19-10-9-18(23)12-16(19)6-11-20(25)24-13-21(26)27/h4-12H,13-14H2,1-3H3,(H,24,25)(H,26,27)/b11-6+. The Morgan fingerprint density at radius 3 is 2.43 bits per heavy atom. The molecule has 5 nitrogen and oxygen atoms in total. The second-order valence-corrected chi connectivity index (χ2v) is 8.28. The number of halogens is 1. The molecule has 28 heavy (non-hydrogen) atoms. The van der Waals surface area contributed by atoms with Crippen molar-refractivity contribution in [3.63, 3.8) is 0 Å². The predicted molar refractivity (Wildman–Crippen MR) is 113 cm³/mol.